The van der Waals surface area contributed by atoms with Crippen LogP contribution < -0.4 is 10.5 Å². The molecule has 0 heterocycles. The number of aliphatic hydroxyl groups is 3. The maximum Gasteiger partial charge on any atom is 0.216 e. The Bertz CT molecular complexity index is 505. The van der Waals surface area contributed by atoms with Crippen molar-refractivity contribution in [3.63, 3.8) is 0 Å². The molecular formula is C11H18N2O5S. The zero-order valence-corrected chi connectivity index (χ0v) is 11.1. The van der Waals surface area contributed by atoms with Gasteiger partial charge in [-0.2, -0.15) is 0 Å². The highest BCUT2D eigenvalue weighted by Gasteiger charge is 2.33. The van der Waals surface area contributed by atoms with Gasteiger partial charge in [0.15, 0.2) is 0 Å². The van der Waals surface area contributed by atoms with Crippen LogP contribution in [0.2, 0.25) is 0 Å². The van der Waals surface area contributed by atoms with Crippen molar-refractivity contribution in [2.24, 2.45) is 0 Å². The summed E-state index contributed by atoms with van der Waals surface area (Å²) in [5, 5.41) is 27.2. The second-order valence-corrected chi connectivity index (χ2v) is 6.08. The lowest BCUT2D eigenvalue weighted by Crippen LogP contribution is -2.57. The lowest BCUT2D eigenvalue weighted by molar-refractivity contribution is 0.0581. The molecule has 6 N–H and O–H groups in total. The van der Waals surface area contributed by atoms with Gasteiger partial charge in [0.05, 0.1) is 25.6 Å². The number of nitrogens with two attached hydrogens (primary N) is 1. The van der Waals surface area contributed by atoms with Gasteiger partial charge in [-0.1, -0.05) is 12.1 Å². The molecule has 19 heavy (non-hydrogen) atoms. The maximum absolute atomic E-state index is 11.9. The maximum atomic E-state index is 11.9. The van der Waals surface area contributed by atoms with E-state index in [9.17, 15) is 8.42 Å². The van der Waals surface area contributed by atoms with E-state index >= 15 is 0 Å². The van der Waals surface area contributed by atoms with E-state index in [2.05, 4.69) is 4.72 Å². The Balaban J connectivity index is 2.87. The average molecular weight is 290 g/mol. The molecule has 1 aromatic carbocycles. The zero-order valence-electron chi connectivity index (χ0n) is 10.3. The van der Waals surface area contributed by atoms with E-state index in [1.807, 2.05) is 0 Å². The van der Waals surface area contributed by atoms with Crippen LogP contribution in [0.15, 0.2) is 24.3 Å². The molecule has 1 rings (SSSR count). The molecule has 0 aromatic heterocycles. The summed E-state index contributed by atoms with van der Waals surface area (Å²) >= 11 is 0. The van der Waals surface area contributed by atoms with Crippen LogP contribution in [0.25, 0.3) is 0 Å². The first-order valence-corrected chi connectivity index (χ1v) is 7.20. The normalized spacial score (nSPS) is 12.6. The molecule has 108 valence electrons. The number of benzene rings is 1. The number of nitrogen functional groups attached to an aromatic ring is 1. The van der Waals surface area contributed by atoms with Crippen LogP contribution >= 0.6 is 0 Å². The monoisotopic (exact) mass is 290 g/mol. The standard InChI is InChI=1S/C11H18N2O5S/c12-10-3-1-2-9(4-10)5-19(17,18)13-11(6-14,7-15)8-16/h1-4,13-16H,5-8,12H2. The van der Waals surface area contributed by atoms with Crippen molar-refractivity contribution in [3.8, 4) is 0 Å². The van der Waals surface area contributed by atoms with Gasteiger partial charge < -0.3 is 21.1 Å². The van der Waals surface area contributed by atoms with Crippen LogP contribution in [0.4, 0.5) is 5.69 Å². The third kappa shape index (κ3) is 4.44. The summed E-state index contributed by atoms with van der Waals surface area (Å²) in [6.45, 7) is -2.14. The SMILES string of the molecule is Nc1cccc(CS(=O)(=O)NC(CO)(CO)CO)c1. The molecule has 0 saturated carbocycles. The van der Waals surface area contributed by atoms with Gasteiger partial charge in [0.2, 0.25) is 10.0 Å². The largest absolute Gasteiger partial charge is 0.399 e. The van der Waals surface area contributed by atoms with Crippen molar-refractivity contribution in [1.29, 1.82) is 0 Å². The van der Waals surface area contributed by atoms with Crippen LogP contribution in [-0.2, 0) is 15.8 Å². The van der Waals surface area contributed by atoms with Crippen molar-refractivity contribution in [3.05, 3.63) is 29.8 Å². The molecular weight excluding hydrogens is 272 g/mol. The Morgan fingerprint density at radius 2 is 1.74 bits per heavy atom. The van der Waals surface area contributed by atoms with Gasteiger partial charge in [-0.05, 0) is 17.7 Å². The molecule has 8 heteroatoms. The predicted molar refractivity (Wildman–Crippen MR) is 70.6 cm³/mol. The number of nitrogens with one attached hydrogen (secondary N) is 1. The molecule has 0 unspecified atom stereocenters. The number of hydrogen-bond acceptors (Lipinski definition) is 6. The molecule has 1 aromatic rings. The summed E-state index contributed by atoms with van der Waals surface area (Å²) in [6, 6.07) is 6.35. The van der Waals surface area contributed by atoms with Gasteiger partial charge in [-0.3, -0.25) is 0 Å². The van der Waals surface area contributed by atoms with E-state index in [-0.39, 0.29) is 5.75 Å². The van der Waals surface area contributed by atoms with Gasteiger partial charge in [0.1, 0.15) is 5.54 Å². The highest BCUT2D eigenvalue weighted by molar-refractivity contribution is 7.88. The molecule has 0 amide bonds. The van der Waals surface area contributed by atoms with Crippen LogP contribution in [0.1, 0.15) is 5.56 Å². The number of hydrogen-bond donors (Lipinski definition) is 5. The number of aliphatic hydroxyl groups excluding tert-OH is 3. The third-order valence-corrected chi connectivity index (χ3v) is 4.05. The Morgan fingerprint density at radius 1 is 1.16 bits per heavy atom. The highest BCUT2D eigenvalue weighted by Crippen LogP contribution is 2.12. The fourth-order valence-corrected chi connectivity index (χ4v) is 3.06. The molecule has 0 bridgehead atoms. The van der Waals surface area contributed by atoms with Crippen molar-refractivity contribution in [2.45, 2.75) is 11.3 Å². The van der Waals surface area contributed by atoms with Gasteiger partial charge in [-0.15, -0.1) is 0 Å². The predicted octanol–water partition coefficient (Wildman–Crippen LogP) is -1.60. The summed E-state index contributed by atoms with van der Waals surface area (Å²) in [5.74, 6) is -0.361. The van der Waals surface area contributed by atoms with E-state index in [4.69, 9.17) is 21.1 Å². The van der Waals surface area contributed by atoms with Crippen LogP contribution in [0, 0.1) is 0 Å². The molecule has 0 aliphatic heterocycles. The topological polar surface area (TPSA) is 133 Å². The third-order valence-electron chi connectivity index (χ3n) is 2.59. The number of sulfonamides is 1. The van der Waals surface area contributed by atoms with Gasteiger partial charge >= 0.3 is 0 Å². The van der Waals surface area contributed by atoms with E-state index in [1.165, 1.54) is 6.07 Å². The molecule has 0 aliphatic carbocycles. The average Bonchev–Trinajstić information content (AvgIpc) is 2.35. The van der Waals surface area contributed by atoms with E-state index in [0.717, 1.165) is 0 Å². The van der Waals surface area contributed by atoms with Crippen LogP contribution in [-0.4, -0.2) is 49.1 Å². The Hall–Kier alpha value is -1.19. The summed E-state index contributed by atoms with van der Waals surface area (Å²) in [4.78, 5) is 0. The number of rotatable bonds is 7. The quantitative estimate of drug-likeness (QED) is 0.384. The lowest BCUT2D eigenvalue weighted by Gasteiger charge is -2.28. The fourth-order valence-electron chi connectivity index (χ4n) is 1.52. The minimum absolute atomic E-state index is 0.361. The fraction of sp³-hybridized carbons (Fsp3) is 0.455. The second-order valence-electron chi connectivity index (χ2n) is 4.36. The van der Waals surface area contributed by atoms with Crippen molar-refractivity contribution in [1.82, 2.24) is 4.72 Å². The van der Waals surface area contributed by atoms with Crippen molar-refractivity contribution < 1.29 is 23.7 Å². The first kappa shape index (κ1) is 15.9. The van der Waals surface area contributed by atoms with Gasteiger partial charge in [-0.25, -0.2) is 13.1 Å². The summed E-state index contributed by atoms with van der Waals surface area (Å²) in [5.41, 5.74) is 4.78. The lowest BCUT2D eigenvalue weighted by atomic mass is 10.1. The molecule has 0 aliphatic rings. The second kappa shape index (κ2) is 6.31. The summed E-state index contributed by atoms with van der Waals surface area (Å²) < 4.78 is 25.9. The summed E-state index contributed by atoms with van der Waals surface area (Å²) in [7, 11) is -3.83. The molecule has 0 saturated heterocycles. The molecule has 7 nitrogen and oxygen atoms in total. The number of anilines is 1. The minimum Gasteiger partial charge on any atom is -0.399 e. The first-order valence-electron chi connectivity index (χ1n) is 5.55. The Morgan fingerprint density at radius 3 is 2.21 bits per heavy atom. The van der Waals surface area contributed by atoms with Gasteiger partial charge in [0, 0.05) is 5.69 Å². The van der Waals surface area contributed by atoms with E-state index in [0.29, 0.717) is 11.3 Å². The first-order chi connectivity index (χ1) is 8.86. The molecule has 0 atom stereocenters. The molecule has 0 radical (unpaired) electrons. The highest BCUT2D eigenvalue weighted by atomic mass is 32.2. The van der Waals surface area contributed by atoms with E-state index in [1.54, 1.807) is 18.2 Å². The minimum atomic E-state index is -3.83. The Labute approximate surface area is 111 Å². The molecule has 0 spiro atoms. The van der Waals surface area contributed by atoms with E-state index < -0.39 is 35.4 Å². The van der Waals surface area contributed by atoms with Crippen molar-refractivity contribution >= 4 is 15.7 Å². The van der Waals surface area contributed by atoms with Gasteiger partial charge in [0.25, 0.3) is 0 Å². The molecule has 0 fully saturated rings. The van der Waals surface area contributed by atoms with Crippen LogP contribution in [0.5, 0.6) is 0 Å². The Kier molecular flexibility index (Phi) is 5.27. The zero-order chi connectivity index (χ0) is 14.5. The summed E-state index contributed by atoms with van der Waals surface area (Å²) in [6.07, 6.45) is 0. The van der Waals surface area contributed by atoms with Crippen molar-refractivity contribution in [2.75, 3.05) is 25.6 Å². The smallest absolute Gasteiger partial charge is 0.216 e. The van der Waals surface area contributed by atoms with Crippen LogP contribution in [0.3, 0.4) is 0 Å².